The van der Waals surface area contributed by atoms with E-state index in [1.807, 2.05) is 0 Å². The predicted molar refractivity (Wildman–Crippen MR) is 80.0 cm³/mol. The molecule has 1 aromatic rings. The van der Waals surface area contributed by atoms with Gasteiger partial charge in [-0.25, -0.2) is 0 Å². The zero-order valence-electron chi connectivity index (χ0n) is 12.5. The van der Waals surface area contributed by atoms with Gasteiger partial charge in [-0.15, -0.1) is 0 Å². The lowest BCUT2D eigenvalue weighted by molar-refractivity contribution is -0.117. The number of benzene rings is 1. The number of hydrogen-bond donors (Lipinski definition) is 1. The maximum atomic E-state index is 13.1. The molecule has 1 amide bonds. The van der Waals surface area contributed by atoms with Crippen LogP contribution in [0.3, 0.4) is 0 Å². The Bertz CT molecular complexity index is 529. The zero-order valence-corrected chi connectivity index (χ0v) is 12.5. The van der Waals surface area contributed by atoms with Crippen molar-refractivity contribution in [2.24, 2.45) is 5.92 Å². The van der Waals surface area contributed by atoms with Gasteiger partial charge in [-0.1, -0.05) is 37.3 Å². The monoisotopic (exact) mass is 311 g/mol. The molecule has 120 valence electrons. The minimum Gasteiger partial charge on any atom is -0.350 e. The number of halogens is 3. The van der Waals surface area contributed by atoms with Crippen molar-refractivity contribution in [1.82, 2.24) is 5.32 Å². The molecule has 0 aromatic heterocycles. The van der Waals surface area contributed by atoms with E-state index in [-0.39, 0.29) is 11.6 Å². The number of nitrogens with one attached hydrogen (secondary N) is 1. The maximum absolute atomic E-state index is 13.1. The minimum absolute atomic E-state index is 0.00224. The van der Waals surface area contributed by atoms with Gasteiger partial charge in [0.1, 0.15) is 0 Å². The summed E-state index contributed by atoms with van der Waals surface area (Å²) in [5, 5.41) is 2.70. The molecule has 0 radical (unpaired) electrons. The van der Waals surface area contributed by atoms with Gasteiger partial charge < -0.3 is 5.32 Å². The Hall–Kier alpha value is -1.78. The van der Waals surface area contributed by atoms with E-state index >= 15 is 0 Å². The summed E-state index contributed by atoms with van der Waals surface area (Å²) in [5.41, 5.74) is -0.905. The van der Waals surface area contributed by atoms with Crippen LogP contribution in [0.1, 0.15) is 38.2 Å². The van der Waals surface area contributed by atoms with Gasteiger partial charge in [0.25, 0.3) is 0 Å². The summed E-state index contributed by atoms with van der Waals surface area (Å²) >= 11 is 0. The molecule has 0 spiro atoms. The van der Waals surface area contributed by atoms with Crippen molar-refractivity contribution in [1.29, 1.82) is 0 Å². The van der Waals surface area contributed by atoms with E-state index in [9.17, 15) is 18.0 Å². The molecule has 2 nitrogen and oxygen atoms in total. The highest BCUT2D eigenvalue weighted by atomic mass is 19.4. The lowest BCUT2D eigenvalue weighted by atomic mass is 9.87. The molecule has 1 saturated carbocycles. The highest BCUT2D eigenvalue weighted by Crippen LogP contribution is 2.33. The molecule has 0 unspecified atom stereocenters. The summed E-state index contributed by atoms with van der Waals surface area (Å²) in [7, 11) is 0. The van der Waals surface area contributed by atoms with E-state index < -0.39 is 17.7 Å². The summed E-state index contributed by atoms with van der Waals surface area (Å²) in [6, 6.07) is 7.38. The van der Waals surface area contributed by atoms with Crippen molar-refractivity contribution in [3.05, 3.63) is 42.0 Å². The largest absolute Gasteiger partial charge is 0.417 e. The Balaban J connectivity index is 2.10. The second-order valence-electron chi connectivity index (χ2n) is 5.89. The van der Waals surface area contributed by atoms with Gasteiger partial charge in [0.2, 0.25) is 5.91 Å². The van der Waals surface area contributed by atoms with E-state index in [0.717, 1.165) is 25.7 Å². The lowest BCUT2D eigenvalue weighted by Gasteiger charge is -2.26. The molecule has 2 rings (SSSR count). The Morgan fingerprint density at radius 2 is 1.73 bits per heavy atom. The minimum atomic E-state index is -4.56. The van der Waals surface area contributed by atoms with E-state index in [1.165, 1.54) is 24.3 Å². The molecule has 0 atom stereocenters. The fourth-order valence-corrected chi connectivity index (χ4v) is 2.72. The van der Waals surface area contributed by atoms with E-state index in [1.54, 1.807) is 6.07 Å². The number of carbonyl (C=O) groups is 1. The van der Waals surface area contributed by atoms with Crippen LogP contribution < -0.4 is 5.32 Å². The molecular formula is C17H20F3NO. The quantitative estimate of drug-likeness (QED) is 0.827. The number of rotatable bonds is 3. The van der Waals surface area contributed by atoms with E-state index in [0.29, 0.717) is 12.0 Å². The maximum Gasteiger partial charge on any atom is 0.417 e. The van der Waals surface area contributed by atoms with Crippen LogP contribution in [0.5, 0.6) is 0 Å². The van der Waals surface area contributed by atoms with Crippen LogP contribution in [0, 0.1) is 5.92 Å². The molecule has 0 saturated heterocycles. The summed E-state index contributed by atoms with van der Waals surface area (Å²) in [5.74, 6) is -0.0468. The van der Waals surface area contributed by atoms with Crippen LogP contribution in [0.15, 0.2) is 36.4 Å². The lowest BCUT2D eigenvalue weighted by Crippen LogP contribution is -2.36. The second-order valence-corrected chi connectivity index (χ2v) is 5.89. The standard InChI is InChI=1S/C17H20F3NO/c1-12-7-9-14(10-8-12)21-16(22)11-15(17(18,19)20)13-5-3-2-4-6-13/h2-6,11-12,14H,7-10H2,1H3,(H,21,22)/b15-11-. The van der Waals surface area contributed by atoms with Gasteiger partial charge in [-0.05, 0) is 37.2 Å². The van der Waals surface area contributed by atoms with Crippen LogP contribution in [0.2, 0.25) is 0 Å². The first-order chi connectivity index (χ1) is 10.4. The molecule has 1 aromatic carbocycles. The van der Waals surface area contributed by atoms with Crippen molar-refractivity contribution in [2.75, 3.05) is 0 Å². The molecule has 1 fully saturated rings. The Morgan fingerprint density at radius 3 is 2.27 bits per heavy atom. The summed E-state index contributed by atoms with van der Waals surface area (Å²) in [6.45, 7) is 2.15. The van der Waals surface area contributed by atoms with Crippen LogP contribution in [0.4, 0.5) is 13.2 Å². The first-order valence-corrected chi connectivity index (χ1v) is 7.51. The third-order valence-corrected chi connectivity index (χ3v) is 4.03. The van der Waals surface area contributed by atoms with Crippen molar-refractivity contribution in [2.45, 2.75) is 44.8 Å². The van der Waals surface area contributed by atoms with Crippen molar-refractivity contribution in [3.8, 4) is 0 Å². The molecule has 22 heavy (non-hydrogen) atoms. The molecule has 0 bridgehead atoms. The average Bonchev–Trinajstić information content (AvgIpc) is 2.47. The van der Waals surface area contributed by atoms with Gasteiger partial charge in [0.15, 0.2) is 0 Å². The highest BCUT2D eigenvalue weighted by molar-refractivity contribution is 5.96. The predicted octanol–water partition coefficient (Wildman–Crippen LogP) is 4.33. The first kappa shape index (κ1) is 16.6. The average molecular weight is 311 g/mol. The van der Waals surface area contributed by atoms with Crippen LogP contribution in [-0.2, 0) is 4.79 Å². The third-order valence-electron chi connectivity index (χ3n) is 4.03. The molecule has 5 heteroatoms. The fraction of sp³-hybridized carbons (Fsp3) is 0.471. The van der Waals surface area contributed by atoms with Crippen molar-refractivity contribution in [3.63, 3.8) is 0 Å². The zero-order chi connectivity index (χ0) is 16.2. The van der Waals surface area contributed by atoms with E-state index in [2.05, 4.69) is 12.2 Å². The van der Waals surface area contributed by atoms with Gasteiger partial charge in [-0.2, -0.15) is 13.2 Å². The Kier molecular flexibility index (Phi) is 5.27. The molecular weight excluding hydrogens is 291 g/mol. The van der Waals surface area contributed by atoms with Crippen molar-refractivity contribution < 1.29 is 18.0 Å². The number of allylic oxidation sites excluding steroid dienone is 1. The molecule has 1 aliphatic carbocycles. The Morgan fingerprint density at radius 1 is 1.14 bits per heavy atom. The highest BCUT2D eigenvalue weighted by Gasteiger charge is 2.35. The fourth-order valence-electron chi connectivity index (χ4n) is 2.72. The number of amides is 1. The van der Waals surface area contributed by atoms with Crippen LogP contribution in [-0.4, -0.2) is 18.1 Å². The van der Waals surface area contributed by atoms with Crippen LogP contribution >= 0.6 is 0 Å². The second kappa shape index (κ2) is 6.99. The number of hydrogen-bond acceptors (Lipinski definition) is 1. The Labute approximate surface area is 128 Å². The SMILES string of the molecule is CC1CCC(NC(=O)/C=C(/c2ccccc2)C(F)(F)F)CC1. The van der Waals surface area contributed by atoms with Gasteiger partial charge in [0.05, 0.1) is 5.57 Å². The summed E-state index contributed by atoms with van der Waals surface area (Å²) in [6.07, 6.45) is -0.229. The molecule has 0 heterocycles. The molecule has 1 N–H and O–H groups in total. The van der Waals surface area contributed by atoms with Gasteiger partial charge >= 0.3 is 6.18 Å². The van der Waals surface area contributed by atoms with E-state index in [4.69, 9.17) is 0 Å². The number of alkyl halides is 3. The third kappa shape index (κ3) is 4.61. The summed E-state index contributed by atoms with van der Waals surface area (Å²) < 4.78 is 39.4. The number of carbonyl (C=O) groups excluding carboxylic acids is 1. The smallest absolute Gasteiger partial charge is 0.350 e. The van der Waals surface area contributed by atoms with Gasteiger partial charge in [-0.3, -0.25) is 4.79 Å². The van der Waals surface area contributed by atoms with Crippen molar-refractivity contribution >= 4 is 11.5 Å². The molecule has 1 aliphatic rings. The topological polar surface area (TPSA) is 29.1 Å². The first-order valence-electron chi connectivity index (χ1n) is 7.51. The van der Waals surface area contributed by atoms with Crippen LogP contribution in [0.25, 0.3) is 5.57 Å². The van der Waals surface area contributed by atoms with Gasteiger partial charge in [0, 0.05) is 12.1 Å². The molecule has 0 aliphatic heterocycles. The summed E-state index contributed by atoms with van der Waals surface area (Å²) in [4.78, 5) is 11.9. The normalized spacial score (nSPS) is 23.2.